The topological polar surface area (TPSA) is 138 Å². The average Bonchev–Trinajstić information content (AvgIpc) is 3.60. The summed E-state index contributed by atoms with van der Waals surface area (Å²) in [5, 5.41) is 13.6. The van der Waals surface area contributed by atoms with E-state index in [0.717, 1.165) is 21.9 Å². The van der Waals surface area contributed by atoms with Crippen LogP contribution in [0.1, 0.15) is 41.6 Å². The van der Waals surface area contributed by atoms with Gasteiger partial charge in [-0.15, -0.1) is 11.8 Å². The van der Waals surface area contributed by atoms with Crippen LogP contribution in [0.5, 0.6) is 0 Å². The highest BCUT2D eigenvalue weighted by Crippen LogP contribution is 2.28. The molecule has 4 aromatic rings. The molecule has 0 saturated carbocycles. The van der Waals surface area contributed by atoms with Crippen molar-refractivity contribution in [3.8, 4) is 6.07 Å². The molecular weight excluding hydrogens is 604 g/mol. The second kappa shape index (κ2) is 14.8. The summed E-state index contributed by atoms with van der Waals surface area (Å²) in [5.41, 5.74) is 2.99. The number of urea groups is 1. The summed E-state index contributed by atoms with van der Waals surface area (Å²) in [6, 6.07) is 21.4. The Labute approximate surface area is 271 Å². The molecule has 2 atom stereocenters. The monoisotopic (exact) mass is 638 g/mol. The van der Waals surface area contributed by atoms with Crippen molar-refractivity contribution in [2.24, 2.45) is 0 Å². The first kappa shape index (κ1) is 32.2. The number of carbonyl (C=O) groups is 4. The third kappa shape index (κ3) is 7.38. The number of esters is 1. The number of benzene rings is 3. The van der Waals surface area contributed by atoms with Crippen LogP contribution in [-0.2, 0) is 38.8 Å². The lowest BCUT2D eigenvalue weighted by Gasteiger charge is -2.23. The molecule has 1 saturated heterocycles. The van der Waals surface area contributed by atoms with Crippen molar-refractivity contribution < 1.29 is 23.9 Å². The van der Waals surface area contributed by atoms with Crippen molar-refractivity contribution in [1.29, 1.82) is 5.26 Å². The maximum Gasteiger partial charge on any atom is 0.328 e. The maximum absolute atomic E-state index is 14.0. The second-order valence-corrected chi connectivity index (χ2v) is 12.0. The smallest absolute Gasteiger partial charge is 0.328 e. The van der Waals surface area contributed by atoms with Crippen LogP contribution in [0.3, 0.4) is 0 Å². The highest BCUT2D eigenvalue weighted by atomic mass is 32.2. The van der Waals surface area contributed by atoms with Gasteiger partial charge in [0.2, 0.25) is 5.91 Å². The second-order valence-electron chi connectivity index (χ2n) is 10.9. The zero-order chi connectivity index (χ0) is 32.6. The highest BCUT2D eigenvalue weighted by Gasteiger charge is 2.46. The molecule has 1 aliphatic rings. The molecule has 5 rings (SSSR count). The number of hydrogen-bond donors (Lipinski definition) is 1. The summed E-state index contributed by atoms with van der Waals surface area (Å²) in [6.45, 7) is 0.550. The molecule has 12 heteroatoms. The minimum atomic E-state index is -1.02. The zero-order valence-electron chi connectivity index (χ0n) is 25.6. The Hall–Kier alpha value is -5.15. The molecule has 0 radical (unpaired) electrons. The summed E-state index contributed by atoms with van der Waals surface area (Å²) in [4.78, 5) is 59.8. The van der Waals surface area contributed by atoms with Gasteiger partial charge in [-0.3, -0.25) is 19.3 Å². The van der Waals surface area contributed by atoms with Crippen molar-refractivity contribution in [3.63, 3.8) is 0 Å². The fourth-order valence-corrected chi connectivity index (χ4v) is 6.11. The van der Waals surface area contributed by atoms with E-state index < -0.39 is 23.9 Å². The van der Waals surface area contributed by atoms with E-state index in [1.165, 1.54) is 28.7 Å². The lowest BCUT2D eigenvalue weighted by Crippen LogP contribution is -2.41. The number of imide groups is 1. The molecule has 2 heterocycles. The molecule has 4 amide bonds. The summed E-state index contributed by atoms with van der Waals surface area (Å²) in [5.74, 6) is -1.24. The normalized spacial score (nSPS) is 15.2. The Morgan fingerprint density at radius 2 is 1.80 bits per heavy atom. The quantitative estimate of drug-likeness (QED) is 0.129. The number of hydrogen-bond acceptors (Lipinski definition) is 8. The van der Waals surface area contributed by atoms with Crippen LogP contribution in [0.4, 0.5) is 4.79 Å². The van der Waals surface area contributed by atoms with Gasteiger partial charge < -0.3 is 19.5 Å². The molecule has 236 valence electrons. The summed E-state index contributed by atoms with van der Waals surface area (Å²) in [6.07, 6.45) is 5.35. The molecule has 3 aromatic carbocycles. The maximum atomic E-state index is 14.0. The number of thioether (sulfide) groups is 1. The lowest BCUT2D eigenvalue weighted by atomic mass is 10.0. The van der Waals surface area contributed by atoms with Gasteiger partial charge in [0, 0.05) is 25.7 Å². The van der Waals surface area contributed by atoms with Crippen LogP contribution in [0, 0.1) is 11.3 Å². The van der Waals surface area contributed by atoms with Gasteiger partial charge in [0.25, 0.3) is 5.91 Å². The molecule has 1 aliphatic heterocycles. The number of nitriles is 1. The van der Waals surface area contributed by atoms with Crippen LogP contribution in [0.2, 0.25) is 0 Å². The number of ether oxygens (including phenoxy) is 1. The zero-order valence-corrected chi connectivity index (χ0v) is 26.4. The standard InChI is InChI=1S/C34H34N6O5S/c1-45-32(42)15-14-31(46-2)37-30(41)16-29-33(43)40(21-27-18-36-22-38(27)19-24-12-10-23(17-35)11-13-24)34(44)39(29)20-26-8-5-7-25-6-3-4-9-28(25)26/h3-13,18,22,29,31H,14-16,19-21H2,1-2H3,(H,37,41). The average molecular weight is 639 g/mol. The predicted molar refractivity (Wildman–Crippen MR) is 173 cm³/mol. The van der Waals surface area contributed by atoms with Crippen molar-refractivity contribution in [2.75, 3.05) is 13.4 Å². The summed E-state index contributed by atoms with van der Waals surface area (Å²) >= 11 is 1.38. The van der Waals surface area contributed by atoms with Gasteiger partial charge in [0.15, 0.2) is 0 Å². The van der Waals surface area contributed by atoms with Gasteiger partial charge in [-0.1, -0.05) is 54.6 Å². The molecule has 1 aromatic heterocycles. The van der Waals surface area contributed by atoms with Crippen molar-refractivity contribution >= 4 is 46.3 Å². The molecule has 11 nitrogen and oxygen atoms in total. The van der Waals surface area contributed by atoms with Gasteiger partial charge >= 0.3 is 12.0 Å². The van der Waals surface area contributed by atoms with E-state index in [1.54, 1.807) is 24.7 Å². The summed E-state index contributed by atoms with van der Waals surface area (Å²) < 4.78 is 6.57. The number of imidazole rings is 1. The van der Waals surface area contributed by atoms with E-state index >= 15 is 0 Å². The number of nitrogens with zero attached hydrogens (tertiary/aromatic N) is 5. The molecule has 0 spiro atoms. The Bertz CT molecular complexity index is 1780. The Balaban J connectivity index is 1.38. The number of rotatable bonds is 13. The minimum absolute atomic E-state index is 0.0231. The van der Waals surface area contributed by atoms with Crippen LogP contribution >= 0.6 is 11.8 Å². The minimum Gasteiger partial charge on any atom is -0.469 e. The fraction of sp³-hybridized carbons (Fsp3) is 0.294. The SMILES string of the molecule is COC(=O)CCC(NC(=O)CC1C(=O)N(Cc2cncn2Cc2ccc(C#N)cc2)C(=O)N1Cc1cccc2ccccc12)SC. The van der Waals surface area contributed by atoms with Crippen LogP contribution < -0.4 is 5.32 Å². The number of methoxy groups -OCH3 is 1. The van der Waals surface area contributed by atoms with Crippen LogP contribution in [0.25, 0.3) is 10.8 Å². The number of fused-ring (bicyclic) bond motifs is 1. The molecule has 2 unspecified atom stereocenters. The molecular formula is C34H34N6O5S. The van der Waals surface area contributed by atoms with Gasteiger partial charge in [0.1, 0.15) is 6.04 Å². The van der Waals surface area contributed by atoms with Crippen molar-refractivity contribution in [3.05, 3.63) is 102 Å². The Morgan fingerprint density at radius 3 is 2.54 bits per heavy atom. The Morgan fingerprint density at radius 1 is 1.04 bits per heavy atom. The van der Waals surface area contributed by atoms with E-state index in [9.17, 15) is 19.2 Å². The van der Waals surface area contributed by atoms with Gasteiger partial charge in [0.05, 0.1) is 49.1 Å². The third-order valence-electron chi connectivity index (χ3n) is 8.00. The Kier molecular flexibility index (Phi) is 10.3. The first-order valence-electron chi connectivity index (χ1n) is 14.8. The number of carbonyl (C=O) groups excluding carboxylic acids is 4. The molecule has 1 fully saturated rings. The van der Waals surface area contributed by atoms with Gasteiger partial charge in [-0.25, -0.2) is 9.78 Å². The fourth-order valence-electron chi connectivity index (χ4n) is 5.51. The molecule has 0 bridgehead atoms. The first-order chi connectivity index (χ1) is 22.3. The van der Waals surface area contributed by atoms with E-state index in [4.69, 9.17) is 10.00 Å². The predicted octanol–water partition coefficient (Wildman–Crippen LogP) is 4.44. The van der Waals surface area contributed by atoms with Gasteiger partial charge in [-0.05, 0) is 46.7 Å². The van der Waals surface area contributed by atoms with E-state index in [0.29, 0.717) is 24.2 Å². The van der Waals surface area contributed by atoms with Crippen molar-refractivity contribution in [2.45, 2.75) is 50.3 Å². The van der Waals surface area contributed by atoms with Crippen molar-refractivity contribution in [1.82, 2.24) is 24.7 Å². The van der Waals surface area contributed by atoms with E-state index in [1.807, 2.05) is 65.4 Å². The van der Waals surface area contributed by atoms with Crippen LogP contribution in [-0.4, -0.2) is 67.9 Å². The first-order valence-corrected chi connectivity index (χ1v) is 16.1. The molecule has 46 heavy (non-hydrogen) atoms. The number of aromatic nitrogens is 2. The molecule has 0 aliphatic carbocycles. The number of nitrogens with one attached hydrogen (secondary N) is 1. The highest BCUT2D eigenvalue weighted by molar-refractivity contribution is 7.99. The lowest BCUT2D eigenvalue weighted by molar-refractivity contribution is -0.140. The van der Waals surface area contributed by atoms with E-state index in [2.05, 4.69) is 16.4 Å². The van der Waals surface area contributed by atoms with Crippen LogP contribution in [0.15, 0.2) is 79.3 Å². The third-order valence-corrected chi connectivity index (χ3v) is 8.93. The largest absolute Gasteiger partial charge is 0.469 e. The molecule has 1 N–H and O–H groups in total. The summed E-state index contributed by atoms with van der Waals surface area (Å²) in [7, 11) is 1.31. The van der Waals surface area contributed by atoms with E-state index in [-0.39, 0.29) is 37.3 Å². The van der Waals surface area contributed by atoms with Gasteiger partial charge in [-0.2, -0.15) is 5.26 Å². The number of amides is 4.